The maximum atomic E-state index is 12.4. The van der Waals surface area contributed by atoms with E-state index in [1.165, 1.54) is 10.1 Å². The molecule has 0 spiro atoms. The molecule has 2 aromatic rings. The van der Waals surface area contributed by atoms with Gasteiger partial charge in [0.2, 0.25) is 10.0 Å². The van der Waals surface area contributed by atoms with Gasteiger partial charge in [-0.2, -0.15) is 0 Å². The van der Waals surface area contributed by atoms with Crippen LogP contribution in [-0.2, 0) is 10.0 Å². The predicted octanol–water partition coefficient (Wildman–Crippen LogP) is 2.69. The highest BCUT2D eigenvalue weighted by molar-refractivity contribution is 7.90. The van der Waals surface area contributed by atoms with Gasteiger partial charge in [0.05, 0.1) is 5.25 Å². The predicted molar refractivity (Wildman–Crippen MR) is 94.6 cm³/mol. The first-order chi connectivity index (χ1) is 11.1. The van der Waals surface area contributed by atoms with Crippen LogP contribution in [0.5, 0.6) is 0 Å². The molecule has 1 aliphatic carbocycles. The van der Waals surface area contributed by atoms with Crippen LogP contribution >= 0.6 is 11.3 Å². The lowest BCUT2D eigenvalue weighted by Crippen LogP contribution is -2.46. The number of aromatic nitrogens is 1. The molecule has 5 nitrogen and oxygen atoms in total. The van der Waals surface area contributed by atoms with Crippen LogP contribution in [-0.4, -0.2) is 49.1 Å². The van der Waals surface area contributed by atoms with E-state index >= 15 is 0 Å². The fourth-order valence-corrected chi connectivity index (χ4v) is 5.99. The molecule has 0 amide bonds. The zero-order chi connectivity index (χ0) is 16.0. The molecular weight excluding hydrogens is 330 g/mol. The molecule has 0 N–H and O–H groups in total. The molecule has 1 aliphatic heterocycles. The molecule has 23 heavy (non-hydrogen) atoms. The van der Waals surface area contributed by atoms with Crippen molar-refractivity contribution < 1.29 is 8.42 Å². The second-order valence-corrected chi connectivity index (χ2v) is 9.67. The van der Waals surface area contributed by atoms with Gasteiger partial charge < -0.3 is 4.90 Å². The smallest absolute Gasteiger partial charge is 0.216 e. The van der Waals surface area contributed by atoms with Crippen LogP contribution in [0.25, 0.3) is 10.1 Å². The first-order valence-corrected chi connectivity index (χ1v) is 10.5. The first-order valence-electron chi connectivity index (χ1n) is 8.11. The third-order valence-corrected chi connectivity index (χ3v) is 8.28. The maximum absolute atomic E-state index is 12.4. The van der Waals surface area contributed by atoms with Crippen LogP contribution in [0, 0.1) is 0 Å². The second kappa shape index (κ2) is 5.72. The number of hydrogen-bond donors (Lipinski definition) is 0. The van der Waals surface area contributed by atoms with Gasteiger partial charge in [-0.3, -0.25) is 0 Å². The molecule has 124 valence electrons. The molecular formula is C16H21N3O2S2. The van der Waals surface area contributed by atoms with Crippen molar-refractivity contribution in [1.29, 1.82) is 0 Å². The minimum absolute atomic E-state index is 0.119. The summed E-state index contributed by atoms with van der Waals surface area (Å²) >= 11 is 1.73. The lowest BCUT2D eigenvalue weighted by Gasteiger charge is -2.37. The van der Waals surface area contributed by atoms with E-state index in [2.05, 4.69) is 21.3 Å². The second-order valence-electron chi connectivity index (χ2n) is 6.45. The summed E-state index contributed by atoms with van der Waals surface area (Å²) in [4.78, 5) is 6.86. The monoisotopic (exact) mass is 351 g/mol. The number of nitrogens with zero attached hydrogens (tertiary/aromatic N) is 3. The Labute approximate surface area is 141 Å². The number of piperidine rings is 1. The summed E-state index contributed by atoms with van der Waals surface area (Å²) in [7, 11) is -1.32. The van der Waals surface area contributed by atoms with E-state index in [-0.39, 0.29) is 11.3 Å². The van der Waals surface area contributed by atoms with Crippen molar-refractivity contribution in [2.24, 2.45) is 0 Å². The van der Waals surface area contributed by atoms with Crippen molar-refractivity contribution in [1.82, 2.24) is 9.29 Å². The normalized spacial score (nSPS) is 20.5. The maximum Gasteiger partial charge on any atom is 0.216 e. The molecule has 0 atom stereocenters. The fraction of sp³-hybridized carbons (Fsp3) is 0.562. The Morgan fingerprint density at radius 3 is 2.65 bits per heavy atom. The van der Waals surface area contributed by atoms with Gasteiger partial charge in [0, 0.05) is 42.5 Å². The molecule has 0 radical (unpaired) electrons. The van der Waals surface area contributed by atoms with Gasteiger partial charge >= 0.3 is 0 Å². The SMILES string of the molecule is CN(C1CCN(c2nccc3sccc23)CC1)S(=O)(=O)C1CC1. The fourth-order valence-electron chi connectivity index (χ4n) is 3.38. The molecule has 2 aromatic heterocycles. The number of sulfonamides is 1. The highest BCUT2D eigenvalue weighted by atomic mass is 32.2. The average Bonchev–Trinajstić information content (AvgIpc) is 3.32. The Morgan fingerprint density at radius 1 is 1.22 bits per heavy atom. The molecule has 3 heterocycles. The van der Waals surface area contributed by atoms with Gasteiger partial charge in [-0.05, 0) is 43.2 Å². The number of pyridine rings is 1. The van der Waals surface area contributed by atoms with Crippen molar-refractivity contribution >= 4 is 37.3 Å². The van der Waals surface area contributed by atoms with Crippen LogP contribution in [0.2, 0.25) is 0 Å². The minimum Gasteiger partial charge on any atom is -0.356 e. The number of fused-ring (bicyclic) bond motifs is 1. The van der Waals surface area contributed by atoms with Crippen LogP contribution in [0.15, 0.2) is 23.7 Å². The zero-order valence-electron chi connectivity index (χ0n) is 13.2. The molecule has 1 saturated carbocycles. The molecule has 0 unspecified atom stereocenters. The molecule has 4 rings (SSSR count). The van der Waals surface area contributed by atoms with Gasteiger partial charge in [0.15, 0.2) is 0 Å². The topological polar surface area (TPSA) is 53.5 Å². The lowest BCUT2D eigenvalue weighted by atomic mass is 10.1. The van der Waals surface area contributed by atoms with Gasteiger partial charge in [-0.15, -0.1) is 11.3 Å². The Hall–Kier alpha value is -1.18. The number of hydrogen-bond acceptors (Lipinski definition) is 5. The van der Waals surface area contributed by atoms with E-state index in [1.54, 1.807) is 22.7 Å². The molecule has 2 fully saturated rings. The molecule has 1 saturated heterocycles. The average molecular weight is 351 g/mol. The molecule has 7 heteroatoms. The highest BCUT2D eigenvalue weighted by Crippen LogP contribution is 2.34. The summed E-state index contributed by atoms with van der Waals surface area (Å²) in [6.07, 6.45) is 5.25. The van der Waals surface area contributed by atoms with Crippen LogP contribution in [0.1, 0.15) is 25.7 Å². The van der Waals surface area contributed by atoms with E-state index < -0.39 is 10.0 Å². The molecule has 0 aromatic carbocycles. The van der Waals surface area contributed by atoms with Gasteiger partial charge in [0.1, 0.15) is 5.82 Å². The number of rotatable bonds is 4. The van der Waals surface area contributed by atoms with E-state index in [9.17, 15) is 8.42 Å². The van der Waals surface area contributed by atoms with Crippen LogP contribution in [0.3, 0.4) is 0 Å². The van der Waals surface area contributed by atoms with Crippen molar-refractivity contribution in [3.8, 4) is 0 Å². The Bertz CT molecular complexity index is 806. The third kappa shape index (κ3) is 2.75. The quantitative estimate of drug-likeness (QED) is 0.850. The molecule has 2 aliphatic rings. The Morgan fingerprint density at radius 2 is 1.96 bits per heavy atom. The highest BCUT2D eigenvalue weighted by Gasteiger charge is 2.41. The van der Waals surface area contributed by atoms with Gasteiger partial charge in [-0.25, -0.2) is 17.7 Å². The third-order valence-electron chi connectivity index (χ3n) is 4.98. The largest absolute Gasteiger partial charge is 0.356 e. The number of anilines is 1. The van der Waals surface area contributed by atoms with E-state index in [0.29, 0.717) is 0 Å². The van der Waals surface area contributed by atoms with Crippen LogP contribution < -0.4 is 4.90 Å². The van der Waals surface area contributed by atoms with E-state index in [4.69, 9.17) is 0 Å². The van der Waals surface area contributed by atoms with Crippen molar-refractivity contribution in [2.75, 3.05) is 25.0 Å². The van der Waals surface area contributed by atoms with Gasteiger partial charge in [0.25, 0.3) is 0 Å². The number of thiophene rings is 1. The van der Waals surface area contributed by atoms with E-state index in [1.807, 2.05) is 12.3 Å². The molecule has 0 bridgehead atoms. The van der Waals surface area contributed by atoms with Crippen molar-refractivity contribution in [3.05, 3.63) is 23.7 Å². The summed E-state index contributed by atoms with van der Waals surface area (Å²) in [6, 6.07) is 4.29. The Balaban J connectivity index is 1.48. The van der Waals surface area contributed by atoms with Crippen LogP contribution in [0.4, 0.5) is 5.82 Å². The zero-order valence-corrected chi connectivity index (χ0v) is 14.8. The summed E-state index contributed by atoms with van der Waals surface area (Å²) in [5, 5.41) is 3.18. The van der Waals surface area contributed by atoms with Crippen molar-refractivity contribution in [3.63, 3.8) is 0 Å². The first kappa shape index (κ1) is 15.4. The summed E-state index contributed by atoms with van der Waals surface area (Å²) in [6.45, 7) is 1.72. The lowest BCUT2D eigenvalue weighted by molar-refractivity contribution is 0.311. The minimum atomic E-state index is -3.07. The van der Waals surface area contributed by atoms with E-state index in [0.717, 1.165) is 44.6 Å². The summed E-state index contributed by atoms with van der Waals surface area (Å²) in [5.74, 6) is 1.04. The Kier molecular flexibility index (Phi) is 3.82. The van der Waals surface area contributed by atoms with Crippen molar-refractivity contribution in [2.45, 2.75) is 37.0 Å². The van der Waals surface area contributed by atoms with Gasteiger partial charge in [-0.1, -0.05) is 0 Å². The standard InChI is InChI=1S/C16H21N3O2S2/c1-18(23(20,21)13-2-3-13)12-5-9-19(10-6-12)16-14-7-11-22-15(14)4-8-17-16/h4,7-8,11-13H,2-3,5-6,9-10H2,1H3. The summed E-state index contributed by atoms with van der Waals surface area (Å²) < 4.78 is 27.7. The summed E-state index contributed by atoms with van der Waals surface area (Å²) in [5.41, 5.74) is 0.